The zero-order valence-corrected chi connectivity index (χ0v) is 18.3. The van der Waals surface area contributed by atoms with Crippen molar-refractivity contribution in [1.82, 2.24) is 9.78 Å². The predicted octanol–water partition coefficient (Wildman–Crippen LogP) is 4.77. The third-order valence-electron chi connectivity index (χ3n) is 4.86. The van der Waals surface area contributed by atoms with Gasteiger partial charge in [0.1, 0.15) is 16.0 Å². The van der Waals surface area contributed by atoms with E-state index in [9.17, 15) is 9.18 Å². The topological polar surface area (TPSA) is 41.4 Å². The molecular formula is C20H16BrCl2FN4O. The van der Waals surface area contributed by atoms with E-state index in [1.807, 2.05) is 0 Å². The maximum Gasteiger partial charge on any atom is 0.288 e. The number of benzene rings is 2. The van der Waals surface area contributed by atoms with Gasteiger partial charge in [0, 0.05) is 31.9 Å². The maximum absolute atomic E-state index is 13.1. The molecule has 1 fully saturated rings. The number of aromatic nitrogens is 2. The predicted molar refractivity (Wildman–Crippen MR) is 118 cm³/mol. The van der Waals surface area contributed by atoms with Crippen LogP contribution in [-0.2, 0) is 0 Å². The van der Waals surface area contributed by atoms with Crippen LogP contribution in [0.5, 0.6) is 0 Å². The van der Waals surface area contributed by atoms with Crippen LogP contribution in [0.2, 0.25) is 10.0 Å². The van der Waals surface area contributed by atoms with Crippen LogP contribution in [0.25, 0.3) is 5.69 Å². The molecule has 0 spiro atoms. The first-order valence-electron chi connectivity index (χ1n) is 8.93. The van der Waals surface area contributed by atoms with Crippen LogP contribution in [0.1, 0.15) is 0 Å². The second kappa shape index (κ2) is 8.34. The van der Waals surface area contributed by atoms with E-state index in [4.69, 9.17) is 23.2 Å². The molecule has 1 saturated heterocycles. The van der Waals surface area contributed by atoms with Crippen molar-refractivity contribution < 1.29 is 4.39 Å². The lowest BCUT2D eigenvalue weighted by Crippen LogP contribution is -2.47. The number of rotatable bonds is 3. The Morgan fingerprint density at radius 3 is 2.14 bits per heavy atom. The molecule has 1 aromatic heterocycles. The monoisotopic (exact) mass is 496 g/mol. The normalized spacial score (nSPS) is 14.3. The van der Waals surface area contributed by atoms with Gasteiger partial charge in [0.15, 0.2) is 0 Å². The molecule has 0 amide bonds. The summed E-state index contributed by atoms with van der Waals surface area (Å²) >= 11 is 15.9. The van der Waals surface area contributed by atoms with Crippen molar-refractivity contribution in [2.75, 3.05) is 36.0 Å². The summed E-state index contributed by atoms with van der Waals surface area (Å²) in [7, 11) is 0. The van der Waals surface area contributed by atoms with Crippen molar-refractivity contribution in [1.29, 1.82) is 0 Å². The molecule has 29 heavy (non-hydrogen) atoms. The van der Waals surface area contributed by atoms with E-state index in [2.05, 4.69) is 30.8 Å². The Morgan fingerprint density at radius 1 is 0.931 bits per heavy atom. The summed E-state index contributed by atoms with van der Waals surface area (Å²) < 4.78 is 14.7. The van der Waals surface area contributed by atoms with Crippen LogP contribution in [0, 0.1) is 5.82 Å². The Hall–Kier alpha value is -2.09. The highest BCUT2D eigenvalue weighted by Crippen LogP contribution is 2.29. The third kappa shape index (κ3) is 3.99. The molecule has 150 valence electrons. The Labute approximate surface area is 185 Å². The third-order valence-corrected chi connectivity index (χ3v) is 6.22. The summed E-state index contributed by atoms with van der Waals surface area (Å²) in [4.78, 5) is 17.2. The molecular weight excluding hydrogens is 482 g/mol. The van der Waals surface area contributed by atoms with Crippen molar-refractivity contribution in [3.63, 3.8) is 0 Å². The number of para-hydroxylation sites is 1. The lowest BCUT2D eigenvalue weighted by molar-refractivity contribution is 0.624. The minimum atomic E-state index is -0.335. The molecule has 0 saturated carbocycles. The molecule has 0 bridgehead atoms. The molecule has 1 aliphatic heterocycles. The van der Waals surface area contributed by atoms with Crippen molar-refractivity contribution >= 4 is 50.5 Å². The van der Waals surface area contributed by atoms with E-state index < -0.39 is 0 Å². The maximum atomic E-state index is 13.1. The Bertz CT molecular complexity index is 1080. The van der Waals surface area contributed by atoms with Gasteiger partial charge in [-0.25, -0.2) is 4.39 Å². The number of anilines is 2. The van der Waals surface area contributed by atoms with Crippen LogP contribution in [0.15, 0.2) is 57.9 Å². The van der Waals surface area contributed by atoms with Gasteiger partial charge in [-0.05, 0) is 52.3 Å². The summed E-state index contributed by atoms with van der Waals surface area (Å²) in [5, 5.41) is 5.00. The summed E-state index contributed by atoms with van der Waals surface area (Å²) in [5.74, 6) is -0.249. The first-order valence-corrected chi connectivity index (χ1v) is 10.5. The van der Waals surface area contributed by atoms with Gasteiger partial charge >= 0.3 is 0 Å². The highest BCUT2D eigenvalue weighted by molar-refractivity contribution is 9.10. The first kappa shape index (κ1) is 20.2. The van der Waals surface area contributed by atoms with Gasteiger partial charge in [0.2, 0.25) is 0 Å². The van der Waals surface area contributed by atoms with Gasteiger partial charge in [-0.1, -0.05) is 29.3 Å². The van der Waals surface area contributed by atoms with Gasteiger partial charge in [0.05, 0.1) is 21.9 Å². The lowest BCUT2D eigenvalue weighted by atomic mass is 10.2. The fraction of sp³-hybridized carbons (Fsp3) is 0.200. The van der Waals surface area contributed by atoms with Crippen molar-refractivity contribution in [2.24, 2.45) is 0 Å². The molecule has 0 atom stereocenters. The minimum absolute atomic E-state index is 0.249. The first-order chi connectivity index (χ1) is 14.0. The number of nitrogens with zero attached hydrogens (tertiary/aromatic N) is 4. The number of halogens is 4. The van der Waals surface area contributed by atoms with E-state index in [-0.39, 0.29) is 11.4 Å². The zero-order chi connectivity index (χ0) is 20.5. The molecule has 4 rings (SSSR count). The number of hydrogen-bond donors (Lipinski definition) is 0. The summed E-state index contributed by atoms with van der Waals surface area (Å²) in [6.07, 6.45) is 1.64. The quantitative estimate of drug-likeness (QED) is 0.522. The Kier molecular flexibility index (Phi) is 5.81. The van der Waals surface area contributed by atoms with Gasteiger partial charge in [-0.3, -0.25) is 4.79 Å². The standard InChI is InChI=1S/C20H16BrCl2FN4O/c21-18-17(12-25-28(20(18)29)19-15(22)2-1-3-16(19)23)27-10-8-26(9-11-27)14-6-4-13(24)5-7-14/h1-7,12H,8-11H2. The van der Waals surface area contributed by atoms with E-state index in [0.717, 1.165) is 18.8 Å². The Balaban J connectivity index is 1.57. The molecule has 3 aromatic rings. The minimum Gasteiger partial charge on any atom is -0.368 e. The largest absolute Gasteiger partial charge is 0.368 e. The molecule has 2 aromatic carbocycles. The summed E-state index contributed by atoms with van der Waals surface area (Å²) in [6.45, 7) is 2.90. The van der Waals surface area contributed by atoms with Gasteiger partial charge in [0.25, 0.3) is 5.56 Å². The van der Waals surface area contributed by atoms with Gasteiger partial charge in [-0.2, -0.15) is 9.78 Å². The molecule has 0 unspecified atom stereocenters. The average molecular weight is 498 g/mol. The van der Waals surface area contributed by atoms with Crippen LogP contribution >= 0.6 is 39.1 Å². The summed E-state index contributed by atoms with van der Waals surface area (Å²) in [5.41, 5.74) is 1.72. The average Bonchev–Trinajstić information content (AvgIpc) is 2.72. The van der Waals surface area contributed by atoms with E-state index in [1.165, 1.54) is 16.8 Å². The van der Waals surface area contributed by atoms with E-state index in [0.29, 0.717) is 39.0 Å². The zero-order valence-electron chi connectivity index (χ0n) is 15.2. The number of piperazine rings is 1. The van der Waals surface area contributed by atoms with Crippen LogP contribution < -0.4 is 15.4 Å². The van der Waals surface area contributed by atoms with Crippen molar-refractivity contribution in [2.45, 2.75) is 0 Å². The molecule has 0 aliphatic carbocycles. The van der Waals surface area contributed by atoms with Crippen LogP contribution in [0.3, 0.4) is 0 Å². The van der Waals surface area contributed by atoms with E-state index >= 15 is 0 Å². The number of hydrogen-bond acceptors (Lipinski definition) is 4. The molecule has 2 heterocycles. The highest BCUT2D eigenvalue weighted by atomic mass is 79.9. The van der Waals surface area contributed by atoms with Crippen LogP contribution in [-0.4, -0.2) is 36.0 Å². The fourth-order valence-corrected chi connectivity index (χ4v) is 4.43. The fourth-order valence-electron chi connectivity index (χ4n) is 3.35. The molecule has 0 radical (unpaired) electrons. The van der Waals surface area contributed by atoms with Gasteiger partial charge in [-0.15, -0.1) is 0 Å². The SMILES string of the molecule is O=c1c(Br)c(N2CCN(c3ccc(F)cc3)CC2)cnn1-c1c(Cl)cccc1Cl. The second-order valence-corrected chi connectivity index (χ2v) is 8.19. The molecule has 1 aliphatic rings. The molecule has 0 N–H and O–H groups in total. The highest BCUT2D eigenvalue weighted by Gasteiger charge is 2.22. The molecule has 5 nitrogen and oxygen atoms in total. The second-order valence-electron chi connectivity index (χ2n) is 6.58. The lowest BCUT2D eigenvalue weighted by Gasteiger charge is -2.37. The van der Waals surface area contributed by atoms with E-state index in [1.54, 1.807) is 36.5 Å². The van der Waals surface area contributed by atoms with Crippen molar-refractivity contribution in [3.8, 4) is 5.69 Å². The van der Waals surface area contributed by atoms with Crippen molar-refractivity contribution in [3.05, 3.63) is 79.4 Å². The smallest absolute Gasteiger partial charge is 0.288 e. The van der Waals surface area contributed by atoms with Gasteiger partial charge < -0.3 is 9.80 Å². The summed E-state index contributed by atoms with van der Waals surface area (Å²) in [6, 6.07) is 11.5. The molecule has 9 heteroatoms. The Morgan fingerprint density at radius 2 is 1.52 bits per heavy atom. The van der Waals surface area contributed by atoms with Crippen LogP contribution in [0.4, 0.5) is 15.8 Å².